The van der Waals surface area contributed by atoms with Crippen LogP contribution in [0.4, 0.5) is 23.7 Å². The molecule has 0 heterocycles. The van der Waals surface area contributed by atoms with Gasteiger partial charge >= 0.3 is 18.2 Å². The topological polar surface area (TPSA) is 101 Å². The van der Waals surface area contributed by atoms with Crippen molar-refractivity contribution in [3.05, 3.63) is 89.0 Å². The molecule has 50 heavy (non-hydrogen) atoms. The Bertz CT molecular complexity index is 1600. The van der Waals surface area contributed by atoms with Crippen LogP contribution < -0.4 is 14.4 Å². The summed E-state index contributed by atoms with van der Waals surface area (Å²) >= 11 is 0. The number of aryl methyl sites for hydroxylation is 1. The molecule has 1 atom stereocenters. The molecule has 3 aromatic carbocycles. The first-order chi connectivity index (χ1) is 23.6. The number of alkyl halides is 3. The van der Waals surface area contributed by atoms with Crippen LogP contribution in [-0.2, 0) is 15.9 Å². The molecule has 0 saturated carbocycles. The molecular weight excluding hydrogens is 651 g/mol. The Morgan fingerprint density at radius 2 is 1.56 bits per heavy atom. The number of carbonyl (C=O) groups is 2. The zero-order valence-corrected chi connectivity index (χ0v) is 29.5. The summed E-state index contributed by atoms with van der Waals surface area (Å²) in [5.41, 5.74) is 2.72. The summed E-state index contributed by atoms with van der Waals surface area (Å²) in [5, 5.41) is 10.2. The number of para-hydroxylation sites is 2. The Balaban J connectivity index is 1.71. The summed E-state index contributed by atoms with van der Waals surface area (Å²) in [4.78, 5) is 29.2. The van der Waals surface area contributed by atoms with E-state index in [1.165, 1.54) is 17.0 Å². The number of anilines is 1. The lowest BCUT2D eigenvalue weighted by atomic mass is 9.98. The number of halogens is 3. The summed E-state index contributed by atoms with van der Waals surface area (Å²) < 4.78 is 60.1. The van der Waals surface area contributed by atoms with Crippen LogP contribution in [0.25, 0.3) is 0 Å². The highest BCUT2D eigenvalue weighted by atomic mass is 19.4. The normalized spacial score (nSPS) is 12.0. The lowest BCUT2D eigenvalue weighted by molar-refractivity contribution is -0.153. The van der Waals surface area contributed by atoms with E-state index in [-0.39, 0.29) is 37.2 Å². The zero-order chi connectivity index (χ0) is 36.9. The van der Waals surface area contributed by atoms with Gasteiger partial charge in [-0.25, -0.2) is 9.59 Å². The molecule has 0 radical (unpaired) electrons. The maximum absolute atomic E-state index is 13.3. The molecule has 270 valence electrons. The van der Waals surface area contributed by atoms with E-state index in [9.17, 15) is 28.0 Å². The van der Waals surface area contributed by atoms with Crippen molar-refractivity contribution in [1.29, 1.82) is 5.26 Å². The third-order valence-electron chi connectivity index (χ3n) is 7.52. The minimum atomic E-state index is -4.51. The first-order valence-corrected chi connectivity index (χ1v) is 16.5. The second-order valence-corrected chi connectivity index (χ2v) is 12.8. The zero-order valence-electron chi connectivity index (χ0n) is 29.5. The number of esters is 1. The number of carbonyl (C=O) groups excluding carboxylic acids is 2. The van der Waals surface area contributed by atoms with Crippen molar-refractivity contribution >= 4 is 17.7 Å². The Morgan fingerprint density at radius 1 is 0.920 bits per heavy atom. The van der Waals surface area contributed by atoms with Gasteiger partial charge in [-0.15, -0.1) is 0 Å². The summed E-state index contributed by atoms with van der Waals surface area (Å²) in [6.07, 6.45) is -4.12. The minimum Gasteiger partial charge on any atom is -0.488 e. The third kappa shape index (κ3) is 12.5. The van der Waals surface area contributed by atoms with Crippen molar-refractivity contribution in [3.8, 4) is 17.6 Å². The van der Waals surface area contributed by atoms with Crippen molar-refractivity contribution in [2.45, 2.75) is 72.2 Å². The van der Waals surface area contributed by atoms with E-state index in [1.54, 1.807) is 57.2 Å². The molecule has 0 spiro atoms. The average Bonchev–Trinajstić information content (AvgIpc) is 3.05. The number of rotatable bonds is 16. The number of amides is 1. The smallest absolute Gasteiger partial charge is 0.422 e. The molecule has 0 aliphatic heterocycles. The maximum Gasteiger partial charge on any atom is 0.422 e. The molecular formula is C38H46F3N3O6. The SMILES string of the molecule is CCN(CCCOC(=O)c1ccccc1)c1c(C)cc(C[C@@H](C)N(CCOc2ccccc2OCC(F)(F)F)C(=O)OC(C)(C)C)cc1C#N. The van der Waals surface area contributed by atoms with Gasteiger partial charge in [-0.3, -0.25) is 0 Å². The highest BCUT2D eigenvalue weighted by molar-refractivity contribution is 5.89. The van der Waals surface area contributed by atoms with E-state index >= 15 is 0 Å². The fourth-order valence-corrected chi connectivity index (χ4v) is 5.35. The van der Waals surface area contributed by atoms with Gasteiger partial charge in [0.1, 0.15) is 18.3 Å². The van der Waals surface area contributed by atoms with Crippen LogP contribution in [0.5, 0.6) is 11.5 Å². The van der Waals surface area contributed by atoms with E-state index in [2.05, 4.69) is 11.0 Å². The highest BCUT2D eigenvalue weighted by Gasteiger charge is 2.30. The molecule has 9 nitrogen and oxygen atoms in total. The average molecular weight is 698 g/mol. The molecule has 0 aromatic heterocycles. The molecule has 0 unspecified atom stereocenters. The fourth-order valence-electron chi connectivity index (χ4n) is 5.35. The summed E-state index contributed by atoms with van der Waals surface area (Å²) in [6.45, 7) is 11.1. The van der Waals surface area contributed by atoms with Crippen molar-refractivity contribution in [3.63, 3.8) is 0 Å². The second kappa shape index (κ2) is 18.2. The molecule has 3 rings (SSSR count). The maximum atomic E-state index is 13.3. The van der Waals surface area contributed by atoms with Gasteiger partial charge in [0.2, 0.25) is 0 Å². The molecule has 3 aromatic rings. The van der Waals surface area contributed by atoms with Crippen LogP contribution in [0.15, 0.2) is 66.7 Å². The monoisotopic (exact) mass is 697 g/mol. The van der Waals surface area contributed by atoms with Crippen LogP contribution in [-0.4, -0.2) is 74.2 Å². The Hall–Kier alpha value is -4.92. The number of hydrogen-bond acceptors (Lipinski definition) is 8. The van der Waals surface area contributed by atoms with Crippen molar-refractivity contribution in [2.75, 3.05) is 44.4 Å². The van der Waals surface area contributed by atoms with Gasteiger partial charge in [0, 0.05) is 19.1 Å². The van der Waals surface area contributed by atoms with Gasteiger partial charge in [0.25, 0.3) is 0 Å². The summed E-state index contributed by atoms with van der Waals surface area (Å²) in [5.74, 6) is -0.323. The first-order valence-electron chi connectivity index (χ1n) is 16.5. The molecule has 0 aliphatic rings. The van der Waals surface area contributed by atoms with E-state index < -0.39 is 30.5 Å². The summed E-state index contributed by atoms with van der Waals surface area (Å²) in [7, 11) is 0. The van der Waals surface area contributed by atoms with Crippen molar-refractivity contribution in [1.82, 2.24) is 4.90 Å². The third-order valence-corrected chi connectivity index (χ3v) is 7.52. The van der Waals surface area contributed by atoms with Crippen LogP contribution in [0.2, 0.25) is 0 Å². The van der Waals surface area contributed by atoms with Crippen LogP contribution in [0.3, 0.4) is 0 Å². The Labute approximate surface area is 292 Å². The highest BCUT2D eigenvalue weighted by Crippen LogP contribution is 2.30. The number of nitrogens with zero attached hydrogens (tertiary/aromatic N) is 3. The quantitative estimate of drug-likeness (QED) is 0.109. The molecule has 0 aliphatic carbocycles. The van der Waals surface area contributed by atoms with Gasteiger partial charge in [-0.2, -0.15) is 18.4 Å². The standard InChI is InChI=1S/C38H46F3N3O6/c1-7-43(18-13-20-48-35(45)30-14-9-8-10-15-30)34-27(2)22-29(24-31(34)25-42)23-28(3)44(36(46)50-37(4,5)6)19-21-47-32-16-11-12-17-33(32)49-26-38(39,40)41/h8-12,14-17,22,24,28H,7,13,18-21,23,26H2,1-6H3/t28-/m1/s1. The van der Waals surface area contributed by atoms with Gasteiger partial charge in [0.05, 0.1) is 30.0 Å². The molecule has 0 fully saturated rings. The molecule has 0 bridgehead atoms. The number of benzene rings is 3. The Morgan fingerprint density at radius 3 is 2.16 bits per heavy atom. The predicted molar refractivity (Wildman–Crippen MR) is 185 cm³/mol. The predicted octanol–water partition coefficient (Wildman–Crippen LogP) is 8.13. The van der Waals surface area contributed by atoms with Crippen LogP contribution >= 0.6 is 0 Å². The second-order valence-electron chi connectivity index (χ2n) is 12.8. The lowest BCUT2D eigenvalue weighted by Gasteiger charge is -2.32. The van der Waals surface area contributed by atoms with Crippen LogP contribution in [0, 0.1) is 18.3 Å². The molecule has 0 saturated heterocycles. The molecule has 0 N–H and O–H groups in total. The number of nitriles is 1. The Kier molecular flexibility index (Phi) is 14.4. The van der Waals surface area contributed by atoms with E-state index in [4.69, 9.17) is 18.9 Å². The van der Waals surface area contributed by atoms with Crippen molar-refractivity contribution < 1.29 is 41.7 Å². The van der Waals surface area contributed by atoms with Crippen molar-refractivity contribution in [2.24, 2.45) is 0 Å². The first kappa shape index (κ1) is 39.5. The summed E-state index contributed by atoms with van der Waals surface area (Å²) in [6, 6.07) is 20.6. The number of ether oxygens (including phenoxy) is 4. The van der Waals surface area contributed by atoms with Crippen LogP contribution in [0.1, 0.15) is 68.1 Å². The molecule has 12 heteroatoms. The van der Waals surface area contributed by atoms with Gasteiger partial charge in [-0.05, 0) is 95.8 Å². The fraction of sp³-hybridized carbons (Fsp3) is 0.447. The van der Waals surface area contributed by atoms with Gasteiger partial charge < -0.3 is 28.7 Å². The van der Waals surface area contributed by atoms with E-state index in [0.29, 0.717) is 37.1 Å². The largest absolute Gasteiger partial charge is 0.488 e. The minimum absolute atomic E-state index is 0.0382. The van der Waals surface area contributed by atoms with Gasteiger partial charge in [0.15, 0.2) is 18.1 Å². The van der Waals surface area contributed by atoms with E-state index in [1.807, 2.05) is 39.0 Å². The van der Waals surface area contributed by atoms with Gasteiger partial charge in [-0.1, -0.05) is 36.4 Å². The van der Waals surface area contributed by atoms with E-state index in [0.717, 1.165) is 16.8 Å². The number of hydrogen-bond donors (Lipinski definition) is 0. The lowest BCUT2D eigenvalue weighted by Crippen LogP contribution is -2.45. The molecule has 1 amide bonds.